The van der Waals surface area contributed by atoms with Gasteiger partial charge in [-0.25, -0.2) is 9.97 Å². The molecule has 2 aromatic rings. The number of rotatable bonds is 5. The molecule has 1 amide bonds. The fourth-order valence-electron chi connectivity index (χ4n) is 1.76. The number of hydrogen-bond acceptors (Lipinski definition) is 4. The topological polar surface area (TPSA) is 66.9 Å². The quantitative estimate of drug-likeness (QED) is 0.884. The standard InChI is InChI=1S/C16H19ClN4O/c1-10(2)7-20-16(22)14-8-19-15(9-18-14)21-13-6-12(17)5-4-11(13)3/h4-6,8-10H,7H2,1-3H3,(H,19,21)(H,20,22). The molecule has 0 aliphatic heterocycles. The van der Waals surface area contributed by atoms with Gasteiger partial charge in [-0.1, -0.05) is 31.5 Å². The molecule has 0 unspecified atom stereocenters. The molecule has 2 rings (SSSR count). The molecule has 6 heteroatoms. The summed E-state index contributed by atoms with van der Waals surface area (Å²) in [7, 11) is 0. The Morgan fingerprint density at radius 1 is 1.27 bits per heavy atom. The maximum absolute atomic E-state index is 11.9. The van der Waals surface area contributed by atoms with Gasteiger partial charge in [0, 0.05) is 17.3 Å². The Kier molecular flexibility index (Phi) is 5.33. The van der Waals surface area contributed by atoms with E-state index in [1.165, 1.54) is 12.4 Å². The van der Waals surface area contributed by atoms with Crippen LogP contribution in [-0.4, -0.2) is 22.4 Å². The number of halogens is 1. The van der Waals surface area contributed by atoms with Gasteiger partial charge in [0.2, 0.25) is 0 Å². The van der Waals surface area contributed by atoms with E-state index in [9.17, 15) is 4.79 Å². The summed E-state index contributed by atoms with van der Waals surface area (Å²) in [5, 5.41) is 6.59. The molecule has 0 spiro atoms. The Balaban J connectivity index is 2.05. The minimum absolute atomic E-state index is 0.216. The molecular weight excluding hydrogens is 300 g/mol. The lowest BCUT2D eigenvalue weighted by molar-refractivity contribution is 0.0943. The first-order chi connectivity index (χ1) is 10.5. The van der Waals surface area contributed by atoms with Crippen molar-refractivity contribution < 1.29 is 4.79 Å². The highest BCUT2D eigenvalue weighted by molar-refractivity contribution is 6.30. The van der Waals surface area contributed by atoms with Crippen molar-refractivity contribution in [3.05, 3.63) is 46.9 Å². The number of aryl methyl sites for hydroxylation is 1. The van der Waals surface area contributed by atoms with Gasteiger partial charge in [0.05, 0.1) is 12.4 Å². The molecule has 0 aliphatic rings. The smallest absolute Gasteiger partial charge is 0.271 e. The lowest BCUT2D eigenvalue weighted by atomic mass is 10.2. The third-order valence-corrected chi connectivity index (χ3v) is 3.25. The predicted molar refractivity (Wildman–Crippen MR) is 88.7 cm³/mol. The van der Waals surface area contributed by atoms with Crippen LogP contribution in [0.2, 0.25) is 5.02 Å². The average Bonchev–Trinajstić information content (AvgIpc) is 2.49. The van der Waals surface area contributed by atoms with Crippen LogP contribution in [0, 0.1) is 12.8 Å². The molecule has 22 heavy (non-hydrogen) atoms. The van der Waals surface area contributed by atoms with Gasteiger partial charge >= 0.3 is 0 Å². The van der Waals surface area contributed by atoms with Crippen molar-refractivity contribution in [3.63, 3.8) is 0 Å². The van der Waals surface area contributed by atoms with E-state index in [1.807, 2.05) is 39.0 Å². The van der Waals surface area contributed by atoms with Crippen LogP contribution >= 0.6 is 11.6 Å². The van der Waals surface area contributed by atoms with Gasteiger partial charge in [0.1, 0.15) is 11.5 Å². The molecule has 0 saturated carbocycles. The van der Waals surface area contributed by atoms with E-state index in [4.69, 9.17) is 11.6 Å². The fourth-order valence-corrected chi connectivity index (χ4v) is 1.94. The van der Waals surface area contributed by atoms with E-state index in [2.05, 4.69) is 20.6 Å². The Bertz CT molecular complexity index is 656. The SMILES string of the molecule is Cc1ccc(Cl)cc1Nc1cnc(C(=O)NCC(C)C)cn1. The van der Waals surface area contributed by atoms with E-state index >= 15 is 0 Å². The third kappa shape index (κ3) is 4.43. The lowest BCUT2D eigenvalue weighted by Gasteiger charge is -2.10. The number of nitrogens with one attached hydrogen (secondary N) is 2. The summed E-state index contributed by atoms with van der Waals surface area (Å²) in [6.07, 6.45) is 2.99. The number of benzene rings is 1. The second-order valence-electron chi connectivity index (χ2n) is 5.47. The molecular formula is C16H19ClN4O. The Hall–Kier alpha value is -2.14. The first kappa shape index (κ1) is 16.2. The molecule has 0 bridgehead atoms. The van der Waals surface area contributed by atoms with Crippen molar-refractivity contribution in [2.24, 2.45) is 5.92 Å². The van der Waals surface area contributed by atoms with Crippen LogP contribution < -0.4 is 10.6 Å². The molecule has 0 radical (unpaired) electrons. The van der Waals surface area contributed by atoms with Crippen LogP contribution in [0.15, 0.2) is 30.6 Å². The Morgan fingerprint density at radius 3 is 2.68 bits per heavy atom. The van der Waals surface area contributed by atoms with Gasteiger partial charge < -0.3 is 10.6 Å². The zero-order chi connectivity index (χ0) is 16.1. The molecule has 0 atom stereocenters. The van der Waals surface area contributed by atoms with E-state index < -0.39 is 0 Å². The van der Waals surface area contributed by atoms with Crippen molar-refractivity contribution in [2.75, 3.05) is 11.9 Å². The Morgan fingerprint density at radius 2 is 2.05 bits per heavy atom. The summed E-state index contributed by atoms with van der Waals surface area (Å²) in [5.74, 6) is 0.737. The van der Waals surface area contributed by atoms with Crippen LogP contribution in [0.4, 0.5) is 11.5 Å². The van der Waals surface area contributed by atoms with Crippen LogP contribution in [0.1, 0.15) is 29.9 Å². The largest absolute Gasteiger partial charge is 0.350 e. The molecule has 2 N–H and O–H groups in total. The fraction of sp³-hybridized carbons (Fsp3) is 0.312. The monoisotopic (exact) mass is 318 g/mol. The molecule has 0 saturated heterocycles. The highest BCUT2D eigenvalue weighted by Crippen LogP contribution is 2.22. The van der Waals surface area contributed by atoms with Crippen molar-refractivity contribution in [3.8, 4) is 0 Å². The average molecular weight is 319 g/mol. The summed E-state index contributed by atoms with van der Waals surface area (Å²) < 4.78 is 0. The molecule has 0 aliphatic carbocycles. The molecule has 1 aromatic carbocycles. The summed E-state index contributed by atoms with van der Waals surface area (Å²) >= 11 is 5.98. The first-order valence-electron chi connectivity index (χ1n) is 7.09. The minimum atomic E-state index is -0.216. The van der Waals surface area contributed by atoms with Crippen molar-refractivity contribution >= 4 is 29.0 Å². The second kappa shape index (κ2) is 7.22. The van der Waals surface area contributed by atoms with Gasteiger partial charge in [-0.15, -0.1) is 0 Å². The number of hydrogen-bond donors (Lipinski definition) is 2. The van der Waals surface area contributed by atoms with Crippen LogP contribution in [0.3, 0.4) is 0 Å². The Labute approximate surface area is 135 Å². The third-order valence-electron chi connectivity index (χ3n) is 3.02. The number of anilines is 2. The van der Waals surface area contributed by atoms with Crippen molar-refractivity contribution in [1.29, 1.82) is 0 Å². The minimum Gasteiger partial charge on any atom is -0.350 e. The van der Waals surface area contributed by atoms with Gasteiger partial charge in [0.25, 0.3) is 5.91 Å². The van der Waals surface area contributed by atoms with Crippen LogP contribution in [-0.2, 0) is 0 Å². The van der Waals surface area contributed by atoms with E-state index in [-0.39, 0.29) is 5.91 Å². The normalized spacial score (nSPS) is 10.6. The lowest BCUT2D eigenvalue weighted by Crippen LogP contribution is -2.28. The zero-order valence-corrected chi connectivity index (χ0v) is 13.6. The molecule has 5 nitrogen and oxygen atoms in total. The molecule has 1 aromatic heterocycles. The number of aromatic nitrogens is 2. The number of carbonyl (C=O) groups excluding carboxylic acids is 1. The second-order valence-corrected chi connectivity index (χ2v) is 5.91. The van der Waals surface area contributed by atoms with Crippen LogP contribution in [0.25, 0.3) is 0 Å². The zero-order valence-electron chi connectivity index (χ0n) is 12.9. The maximum atomic E-state index is 11.9. The van der Waals surface area contributed by atoms with Gasteiger partial charge in [-0.3, -0.25) is 4.79 Å². The van der Waals surface area contributed by atoms with E-state index in [0.29, 0.717) is 29.0 Å². The van der Waals surface area contributed by atoms with Crippen molar-refractivity contribution in [2.45, 2.75) is 20.8 Å². The van der Waals surface area contributed by atoms with E-state index in [1.54, 1.807) is 0 Å². The summed E-state index contributed by atoms with van der Waals surface area (Å²) in [6.45, 7) is 6.65. The molecule has 0 fully saturated rings. The molecule has 1 heterocycles. The summed E-state index contributed by atoms with van der Waals surface area (Å²) in [5.41, 5.74) is 2.21. The predicted octanol–water partition coefficient (Wildman–Crippen LogP) is 3.57. The highest BCUT2D eigenvalue weighted by Gasteiger charge is 2.09. The first-order valence-corrected chi connectivity index (χ1v) is 7.47. The number of nitrogens with zero attached hydrogens (tertiary/aromatic N) is 2. The number of amides is 1. The molecule has 116 valence electrons. The van der Waals surface area contributed by atoms with Crippen molar-refractivity contribution in [1.82, 2.24) is 15.3 Å². The highest BCUT2D eigenvalue weighted by atomic mass is 35.5. The van der Waals surface area contributed by atoms with Gasteiger partial charge in [-0.05, 0) is 30.5 Å². The summed E-state index contributed by atoms with van der Waals surface area (Å²) in [4.78, 5) is 20.2. The van der Waals surface area contributed by atoms with Gasteiger partial charge in [-0.2, -0.15) is 0 Å². The number of carbonyl (C=O) groups is 1. The maximum Gasteiger partial charge on any atom is 0.271 e. The van der Waals surface area contributed by atoms with E-state index in [0.717, 1.165) is 11.3 Å². The van der Waals surface area contributed by atoms with Crippen LogP contribution in [0.5, 0.6) is 0 Å². The van der Waals surface area contributed by atoms with Gasteiger partial charge in [0.15, 0.2) is 0 Å². The summed E-state index contributed by atoms with van der Waals surface area (Å²) in [6, 6.07) is 5.57.